The number of anilines is 2. The van der Waals surface area contributed by atoms with Crippen LogP contribution in [-0.2, 0) is 43.2 Å². The number of para-hydroxylation sites is 1. The van der Waals surface area contributed by atoms with Crippen LogP contribution in [0.4, 0.5) is 22.7 Å². The molecule has 13 N–H and O–H groups in total. The van der Waals surface area contributed by atoms with Crippen molar-refractivity contribution in [2.45, 2.75) is 121 Å². The second-order valence-corrected chi connectivity index (χ2v) is 16.8. The molecule has 72 heavy (non-hydrogen) atoms. The summed E-state index contributed by atoms with van der Waals surface area (Å²) in [6.07, 6.45) is -1.05. The highest BCUT2D eigenvalue weighted by atomic mass is 16.6. The number of likely N-dealkylation sites (tertiary alicyclic amines) is 1. The number of aliphatic carboxylic acids is 2. The molecule has 2 aromatic rings. The van der Waals surface area contributed by atoms with Crippen molar-refractivity contribution in [1.82, 2.24) is 36.8 Å². The van der Waals surface area contributed by atoms with E-state index in [1.165, 1.54) is 30.0 Å². The van der Waals surface area contributed by atoms with Crippen LogP contribution in [0.1, 0.15) is 94.8 Å². The molecule has 0 saturated carbocycles. The first kappa shape index (κ1) is 57.9. The number of nitrogens with one attached hydrogen (secondary N) is 7. The molecule has 3 rings (SSSR count). The third kappa shape index (κ3) is 18.5. The maximum atomic E-state index is 14.1. The molecule has 1 aliphatic rings. The van der Waals surface area contributed by atoms with Gasteiger partial charge in [-0.05, 0) is 83.4 Å². The number of primary amides is 1. The molecule has 28 nitrogen and oxygen atoms in total. The maximum absolute atomic E-state index is 14.1. The molecule has 0 radical (unpaired) electrons. The minimum Gasteiger partial charge on any atom is -0.481 e. The van der Waals surface area contributed by atoms with Crippen molar-refractivity contribution in [1.29, 1.82) is 0 Å². The number of carboxylic acids is 2. The predicted molar refractivity (Wildman–Crippen MR) is 253 cm³/mol. The Morgan fingerprint density at radius 2 is 1.33 bits per heavy atom. The van der Waals surface area contributed by atoms with Gasteiger partial charge in [0.15, 0.2) is 0 Å². The molecule has 2 aromatic carbocycles. The van der Waals surface area contributed by atoms with E-state index in [-0.39, 0.29) is 49.4 Å². The van der Waals surface area contributed by atoms with E-state index in [0.717, 1.165) is 19.1 Å². The molecule has 1 aliphatic heterocycles. The highest BCUT2D eigenvalue weighted by Gasteiger charge is 2.39. The molecule has 1 saturated heterocycles. The number of benzene rings is 2. The highest BCUT2D eigenvalue weighted by Crippen LogP contribution is 2.29. The highest BCUT2D eigenvalue weighted by molar-refractivity contribution is 6.02. The van der Waals surface area contributed by atoms with Crippen molar-refractivity contribution in [3.05, 3.63) is 68.3 Å². The van der Waals surface area contributed by atoms with Gasteiger partial charge in [0.05, 0.1) is 21.5 Å². The van der Waals surface area contributed by atoms with E-state index in [9.17, 15) is 78.4 Å². The number of hydrogen-bond donors (Lipinski definition) is 11. The Morgan fingerprint density at radius 1 is 0.736 bits per heavy atom. The summed E-state index contributed by atoms with van der Waals surface area (Å²) in [4.78, 5) is 151. The molecular formula is C44H60N12O16. The summed E-state index contributed by atoms with van der Waals surface area (Å²) in [5, 5.41) is 58.5. The number of nitro groups is 2. The van der Waals surface area contributed by atoms with Crippen LogP contribution in [0.5, 0.6) is 0 Å². The van der Waals surface area contributed by atoms with Crippen molar-refractivity contribution < 1.29 is 68.0 Å². The number of rotatable bonds is 30. The molecular weight excluding hydrogens is 953 g/mol. The lowest BCUT2D eigenvalue weighted by molar-refractivity contribution is -0.393. The summed E-state index contributed by atoms with van der Waals surface area (Å²) in [5.74, 6) is -9.67. The zero-order valence-electron chi connectivity index (χ0n) is 39.5. The van der Waals surface area contributed by atoms with E-state index in [1.54, 1.807) is 12.1 Å². The molecule has 0 bridgehead atoms. The first-order chi connectivity index (χ1) is 34.0. The van der Waals surface area contributed by atoms with Crippen LogP contribution in [0, 0.1) is 20.2 Å². The van der Waals surface area contributed by atoms with Crippen LogP contribution in [0.3, 0.4) is 0 Å². The minimum atomic E-state index is -1.68. The second-order valence-electron chi connectivity index (χ2n) is 16.8. The fourth-order valence-corrected chi connectivity index (χ4v) is 7.32. The van der Waals surface area contributed by atoms with Crippen molar-refractivity contribution in [2.24, 2.45) is 5.73 Å². The average molecular weight is 1010 g/mol. The second kappa shape index (κ2) is 28.3. The van der Waals surface area contributed by atoms with Crippen LogP contribution >= 0.6 is 0 Å². The number of carbonyl (C=O) groups excluding carboxylic acids is 8. The third-order valence-corrected chi connectivity index (χ3v) is 11.3. The monoisotopic (exact) mass is 1010 g/mol. The van der Waals surface area contributed by atoms with Gasteiger partial charge >= 0.3 is 11.9 Å². The normalized spacial score (nSPS) is 15.0. The number of non-ortho nitro benzene ring substituents is 1. The molecule has 6 atom stereocenters. The summed E-state index contributed by atoms with van der Waals surface area (Å²) in [5.41, 5.74) is 10.7. The lowest BCUT2D eigenvalue weighted by Gasteiger charge is -2.29. The molecule has 0 aliphatic carbocycles. The van der Waals surface area contributed by atoms with Crippen LogP contribution in [0.15, 0.2) is 42.5 Å². The molecule has 0 aromatic heterocycles. The fourth-order valence-electron chi connectivity index (χ4n) is 7.32. The first-order valence-corrected chi connectivity index (χ1v) is 22.8. The van der Waals surface area contributed by atoms with Gasteiger partial charge in [-0.2, -0.15) is 0 Å². The number of nitrogens with zero attached hydrogens (tertiary/aromatic N) is 3. The Kier molecular flexibility index (Phi) is 22.7. The summed E-state index contributed by atoms with van der Waals surface area (Å²) < 4.78 is 0. The Morgan fingerprint density at radius 3 is 1.93 bits per heavy atom. The van der Waals surface area contributed by atoms with E-state index < -0.39 is 149 Å². The van der Waals surface area contributed by atoms with Gasteiger partial charge in [-0.25, -0.2) is 0 Å². The minimum absolute atomic E-state index is 0.0829. The first-order valence-electron chi connectivity index (χ1n) is 22.8. The molecule has 28 heteroatoms. The summed E-state index contributed by atoms with van der Waals surface area (Å²) >= 11 is 0. The maximum Gasteiger partial charge on any atom is 0.325 e. The molecule has 0 spiro atoms. The lowest BCUT2D eigenvalue weighted by Crippen LogP contribution is -2.59. The molecule has 0 unspecified atom stereocenters. The number of nitrogen functional groups attached to an aromatic ring is 1. The summed E-state index contributed by atoms with van der Waals surface area (Å²) in [6.45, 7) is 3.01. The zero-order chi connectivity index (χ0) is 53.7. The number of nitrogens with two attached hydrogens (primary N) is 2. The van der Waals surface area contributed by atoms with Gasteiger partial charge < -0.3 is 63.8 Å². The number of amides is 8. The van der Waals surface area contributed by atoms with Crippen LogP contribution in [0.2, 0.25) is 0 Å². The van der Waals surface area contributed by atoms with Gasteiger partial charge in [-0.15, -0.1) is 0 Å². The fraction of sp³-hybridized carbons (Fsp3) is 0.500. The number of nitro benzene ring substituents is 2. The van der Waals surface area contributed by atoms with E-state index in [0.29, 0.717) is 25.7 Å². The number of carbonyl (C=O) groups is 10. The number of hydrogen-bond acceptors (Lipinski definition) is 16. The van der Waals surface area contributed by atoms with Gasteiger partial charge in [-0.3, -0.25) is 68.2 Å². The van der Waals surface area contributed by atoms with Gasteiger partial charge in [0.2, 0.25) is 41.4 Å². The number of unbranched alkanes of at least 4 members (excludes halogenated alkanes) is 2. The SMILES string of the molecule is C[C@H](NC(=O)[C@H](CCC(=O)O)NC(=O)[C@H](CCC(N)=O)NC(=O)[C@H](CCC(=O)NCCCCCNc1ccc([N+](=O)[O-])cc1[N+](=O)[O-])NC(=O)[C@@H]1CCCN1C(=O)[C@H](C)NC(=O)c1ccccc1N)C(=O)O. The smallest absolute Gasteiger partial charge is 0.325 e. The predicted octanol–water partition coefficient (Wildman–Crippen LogP) is -0.453. The Labute approximate surface area is 411 Å². The van der Waals surface area contributed by atoms with Gasteiger partial charge in [0.1, 0.15) is 41.9 Å². The van der Waals surface area contributed by atoms with E-state index >= 15 is 0 Å². The molecule has 1 heterocycles. The van der Waals surface area contributed by atoms with Gasteiger partial charge in [-0.1, -0.05) is 12.1 Å². The summed E-state index contributed by atoms with van der Waals surface area (Å²) in [7, 11) is 0. The Balaban J connectivity index is 1.77. The third-order valence-electron chi connectivity index (χ3n) is 11.3. The number of carboxylic acid groups (broad SMARTS) is 2. The van der Waals surface area contributed by atoms with Gasteiger partial charge in [0, 0.05) is 50.7 Å². The van der Waals surface area contributed by atoms with Crippen molar-refractivity contribution in [2.75, 3.05) is 30.7 Å². The lowest BCUT2D eigenvalue weighted by atomic mass is 10.0. The van der Waals surface area contributed by atoms with Crippen LogP contribution in [0.25, 0.3) is 0 Å². The topological polar surface area (TPSA) is 437 Å². The largest absolute Gasteiger partial charge is 0.481 e. The zero-order valence-corrected chi connectivity index (χ0v) is 39.5. The van der Waals surface area contributed by atoms with Crippen molar-refractivity contribution in [3.63, 3.8) is 0 Å². The summed E-state index contributed by atoms with van der Waals surface area (Å²) in [6, 6.07) is 0.687. The van der Waals surface area contributed by atoms with Crippen molar-refractivity contribution in [3.8, 4) is 0 Å². The van der Waals surface area contributed by atoms with Crippen LogP contribution < -0.4 is 48.7 Å². The van der Waals surface area contributed by atoms with Crippen LogP contribution in [-0.4, -0.2) is 140 Å². The average Bonchev–Trinajstić information content (AvgIpc) is 3.82. The molecule has 8 amide bonds. The molecule has 1 fully saturated rings. The van der Waals surface area contributed by atoms with E-state index in [4.69, 9.17) is 11.5 Å². The van der Waals surface area contributed by atoms with Gasteiger partial charge in [0.25, 0.3) is 17.3 Å². The van der Waals surface area contributed by atoms with E-state index in [1.807, 2.05) is 0 Å². The Hall–Kier alpha value is -8.46. The van der Waals surface area contributed by atoms with E-state index in [2.05, 4.69) is 37.2 Å². The quantitative estimate of drug-likeness (QED) is 0.0204. The molecule has 392 valence electrons. The Bertz CT molecular complexity index is 2370. The van der Waals surface area contributed by atoms with Crippen molar-refractivity contribution >= 4 is 81.9 Å². The standard InChI is InChI=1S/C44H60N12O16/c1-24(49-38(61)27-9-4-5-10-28(27)45)43(66)54-22-8-11-33(54)42(65)53-31(15-18-36(58)48-21-7-3-6-20-47-29-13-12-26(55(69)70)23-34(29)56(71)72)41(64)51-30(14-17-35(46)57)40(63)52-32(16-19-37(59)60)39(62)50-25(2)44(67)68/h4-5,9-10,12-13,23-25,30-33,47H,3,6-8,11,14-22,45H2,1-2H3,(H2,46,57)(H,48,58)(H,49,61)(H,50,62)(H,51,64)(H,52,63)(H,53,65)(H,59,60)(H,67,68)/t24-,25-,30-,31-,32-,33-/m0/s1.